The minimum Gasteiger partial charge on any atom is -0.287 e. The Bertz CT molecular complexity index is 829. The van der Waals surface area contributed by atoms with E-state index in [2.05, 4.69) is 9.98 Å². The molecule has 0 aliphatic carbocycles. The van der Waals surface area contributed by atoms with E-state index in [1.807, 2.05) is 12.3 Å². The van der Waals surface area contributed by atoms with Gasteiger partial charge in [0.2, 0.25) is 5.13 Å². The van der Waals surface area contributed by atoms with Crippen molar-refractivity contribution in [3.8, 4) is 0 Å². The van der Waals surface area contributed by atoms with E-state index >= 15 is 0 Å². The molecule has 7 nitrogen and oxygen atoms in total. The molecule has 0 radical (unpaired) electrons. The molecule has 0 atom stereocenters. The van der Waals surface area contributed by atoms with Crippen LogP contribution in [0.4, 0.5) is 10.8 Å². The molecule has 24 heavy (non-hydrogen) atoms. The molecule has 1 aromatic heterocycles. The van der Waals surface area contributed by atoms with Crippen LogP contribution in [0.3, 0.4) is 0 Å². The lowest BCUT2D eigenvalue weighted by molar-refractivity contribution is -0.384. The van der Waals surface area contributed by atoms with Gasteiger partial charge in [0.25, 0.3) is 11.6 Å². The van der Waals surface area contributed by atoms with Crippen molar-refractivity contribution < 1.29 is 9.72 Å². The topological polar surface area (TPSA) is 88.7 Å². The number of amides is 1. The highest BCUT2D eigenvalue weighted by Gasteiger charge is 2.32. The third-order valence-corrected chi connectivity index (χ3v) is 4.89. The predicted molar refractivity (Wildman–Crippen MR) is 95.3 cm³/mol. The van der Waals surface area contributed by atoms with E-state index < -0.39 is 4.92 Å². The Kier molecular flexibility index (Phi) is 4.72. The van der Waals surface area contributed by atoms with Gasteiger partial charge < -0.3 is 0 Å². The van der Waals surface area contributed by atoms with Crippen LogP contribution < -0.4 is 0 Å². The molecule has 0 bridgehead atoms. The van der Waals surface area contributed by atoms with Crippen molar-refractivity contribution in [2.75, 3.05) is 6.54 Å². The van der Waals surface area contributed by atoms with Gasteiger partial charge in [0.15, 0.2) is 5.17 Å². The van der Waals surface area contributed by atoms with Crippen LogP contribution in [-0.4, -0.2) is 32.4 Å². The molecule has 1 aliphatic heterocycles. The maximum Gasteiger partial charge on any atom is 0.269 e. The fourth-order valence-corrected chi connectivity index (χ4v) is 3.67. The number of thiazole rings is 1. The predicted octanol–water partition coefficient (Wildman–Crippen LogP) is 3.68. The van der Waals surface area contributed by atoms with Crippen molar-refractivity contribution in [2.24, 2.45) is 4.99 Å². The van der Waals surface area contributed by atoms with E-state index in [1.54, 1.807) is 29.3 Å². The molecule has 122 valence electrons. The number of rotatable bonds is 4. The first-order chi connectivity index (χ1) is 11.6. The first-order valence-corrected chi connectivity index (χ1v) is 8.72. The van der Waals surface area contributed by atoms with Gasteiger partial charge >= 0.3 is 0 Å². The summed E-state index contributed by atoms with van der Waals surface area (Å²) in [5.74, 6) is -0.129. The van der Waals surface area contributed by atoms with Crippen LogP contribution >= 0.6 is 23.1 Å². The second kappa shape index (κ2) is 6.93. The molecule has 1 aromatic carbocycles. The van der Waals surface area contributed by atoms with Crippen LogP contribution in [0.15, 0.2) is 45.7 Å². The Labute approximate surface area is 145 Å². The lowest BCUT2D eigenvalue weighted by Gasteiger charge is -2.11. The van der Waals surface area contributed by atoms with Crippen molar-refractivity contribution in [3.63, 3.8) is 0 Å². The van der Waals surface area contributed by atoms with Crippen molar-refractivity contribution >= 4 is 51.1 Å². The van der Waals surface area contributed by atoms with Gasteiger partial charge in [-0.05, 0) is 42.5 Å². The fourth-order valence-electron chi connectivity index (χ4n) is 2.07. The minimum atomic E-state index is -0.454. The molecular weight excluding hydrogens is 348 g/mol. The lowest BCUT2D eigenvalue weighted by atomic mass is 10.2. The number of carbonyl (C=O) groups excluding carboxylic acids is 1. The van der Waals surface area contributed by atoms with Crippen LogP contribution in [0.1, 0.15) is 12.5 Å². The number of nitro groups is 1. The summed E-state index contributed by atoms with van der Waals surface area (Å²) in [7, 11) is 0. The van der Waals surface area contributed by atoms with Gasteiger partial charge in [-0.3, -0.25) is 19.8 Å². The first kappa shape index (κ1) is 16.3. The molecule has 1 saturated heterocycles. The van der Waals surface area contributed by atoms with Crippen LogP contribution in [0.5, 0.6) is 0 Å². The van der Waals surface area contributed by atoms with Crippen LogP contribution in [0.2, 0.25) is 0 Å². The van der Waals surface area contributed by atoms with Crippen LogP contribution in [-0.2, 0) is 4.79 Å². The lowest BCUT2D eigenvalue weighted by Crippen LogP contribution is -2.28. The minimum absolute atomic E-state index is 0.0174. The molecule has 1 aliphatic rings. The standard InChI is InChI=1S/C15H12N4O3S2/c1-2-18-13(20)12(24-15(18)17-14-16-7-8-23-14)9-10-3-5-11(6-4-10)19(21)22/h3-9H,2H2,1H3/b12-9-,17-15+. The van der Waals surface area contributed by atoms with E-state index in [-0.39, 0.29) is 11.6 Å². The van der Waals surface area contributed by atoms with E-state index in [1.165, 1.54) is 35.2 Å². The summed E-state index contributed by atoms with van der Waals surface area (Å²) in [5.41, 5.74) is 0.742. The summed E-state index contributed by atoms with van der Waals surface area (Å²) in [5, 5.41) is 13.7. The summed E-state index contributed by atoms with van der Waals surface area (Å²) >= 11 is 2.68. The van der Waals surface area contributed by atoms with Crippen LogP contribution in [0.25, 0.3) is 6.08 Å². The summed E-state index contributed by atoms with van der Waals surface area (Å²) < 4.78 is 0. The molecule has 0 saturated carbocycles. The Balaban J connectivity index is 1.88. The number of benzene rings is 1. The van der Waals surface area contributed by atoms with Crippen molar-refractivity contribution in [3.05, 3.63) is 56.4 Å². The van der Waals surface area contributed by atoms with Crippen molar-refractivity contribution in [2.45, 2.75) is 6.92 Å². The number of hydrogen-bond acceptors (Lipinski definition) is 7. The summed E-state index contributed by atoms with van der Waals surface area (Å²) in [6.45, 7) is 2.39. The molecule has 1 amide bonds. The zero-order valence-electron chi connectivity index (χ0n) is 12.6. The highest BCUT2D eigenvalue weighted by molar-refractivity contribution is 8.18. The van der Waals surface area contributed by atoms with Gasteiger partial charge in [-0.1, -0.05) is 0 Å². The van der Waals surface area contributed by atoms with Crippen molar-refractivity contribution in [1.29, 1.82) is 0 Å². The Morgan fingerprint density at radius 3 is 2.71 bits per heavy atom. The number of likely N-dealkylation sites (N-methyl/N-ethyl adjacent to an activating group) is 1. The molecule has 0 N–H and O–H groups in total. The van der Waals surface area contributed by atoms with E-state index in [0.29, 0.717) is 21.7 Å². The zero-order valence-corrected chi connectivity index (χ0v) is 14.2. The van der Waals surface area contributed by atoms with Gasteiger partial charge in [0, 0.05) is 30.3 Å². The Morgan fingerprint density at radius 1 is 1.38 bits per heavy atom. The van der Waals surface area contributed by atoms with E-state index in [4.69, 9.17) is 0 Å². The number of hydrogen-bond donors (Lipinski definition) is 0. The number of nitrogens with zero attached hydrogens (tertiary/aromatic N) is 4. The van der Waals surface area contributed by atoms with Gasteiger partial charge in [-0.2, -0.15) is 4.99 Å². The number of thioether (sulfide) groups is 1. The fraction of sp³-hybridized carbons (Fsp3) is 0.133. The molecule has 9 heteroatoms. The van der Waals surface area contributed by atoms with Gasteiger partial charge in [0.1, 0.15) is 0 Å². The second-order valence-corrected chi connectivity index (χ2v) is 6.60. The Morgan fingerprint density at radius 2 is 2.12 bits per heavy atom. The number of amidine groups is 1. The number of nitro benzene ring substituents is 1. The SMILES string of the molecule is CCN1C(=O)/C(=C/c2ccc([N+](=O)[O-])cc2)S/C1=N/c1nccs1. The third kappa shape index (κ3) is 3.36. The van der Waals surface area contributed by atoms with Crippen molar-refractivity contribution in [1.82, 2.24) is 9.88 Å². The Hall–Kier alpha value is -2.52. The van der Waals surface area contributed by atoms with Gasteiger partial charge in [-0.15, -0.1) is 11.3 Å². The van der Waals surface area contributed by atoms with Gasteiger partial charge in [0.05, 0.1) is 9.83 Å². The highest BCUT2D eigenvalue weighted by atomic mass is 32.2. The molecule has 0 spiro atoms. The second-order valence-electron chi connectivity index (χ2n) is 4.72. The average molecular weight is 360 g/mol. The zero-order chi connectivity index (χ0) is 17.1. The highest BCUT2D eigenvalue weighted by Crippen LogP contribution is 2.34. The number of non-ortho nitro benzene ring substituents is 1. The molecule has 1 fully saturated rings. The van der Waals surface area contributed by atoms with E-state index in [9.17, 15) is 14.9 Å². The molecule has 2 aromatic rings. The number of aliphatic imine (C=N–C) groups is 1. The first-order valence-electron chi connectivity index (χ1n) is 7.02. The molecule has 2 heterocycles. The smallest absolute Gasteiger partial charge is 0.269 e. The van der Waals surface area contributed by atoms with E-state index in [0.717, 1.165) is 5.56 Å². The summed E-state index contributed by atoms with van der Waals surface area (Å²) in [4.78, 5) is 33.4. The summed E-state index contributed by atoms with van der Waals surface area (Å²) in [6, 6.07) is 6.06. The monoisotopic (exact) mass is 360 g/mol. The molecule has 0 unspecified atom stereocenters. The number of carbonyl (C=O) groups is 1. The number of aromatic nitrogens is 1. The third-order valence-electron chi connectivity index (χ3n) is 3.22. The average Bonchev–Trinajstić information content (AvgIpc) is 3.17. The normalized spacial score (nSPS) is 17.9. The quantitative estimate of drug-likeness (QED) is 0.471. The maximum atomic E-state index is 12.5. The maximum absolute atomic E-state index is 12.5. The molecule has 3 rings (SSSR count). The largest absolute Gasteiger partial charge is 0.287 e. The molecular formula is C15H12N4O3S2. The van der Waals surface area contributed by atoms with Crippen LogP contribution in [0, 0.1) is 10.1 Å². The summed E-state index contributed by atoms with van der Waals surface area (Å²) in [6.07, 6.45) is 3.37. The van der Waals surface area contributed by atoms with Gasteiger partial charge in [-0.25, -0.2) is 4.98 Å².